The number of aromatic nitrogens is 1. The van der Waals surface area contributed by atoms with Gasteiger partial charge in [0.1, 0.15) is 0 Å². The van der Waals surface area contributed by atoms with Crippen LogP contribution in [0.2, 0.25) is 0 Å². The Bertz CT molecular complexity index is 722. The normalized spacial score (nSPS) is 10.2. The number of aryl methyl sites for hydroxylation is 1. The lowest BCUT2D eigenvalue weighted by Gasteiger charge is -2.15. The number of anilines is 1. The summed E-state index contributed by atoms with van der Waals surface area (Å²) in [4.78, 5) is 29.6. The number of carbonyl (C=O) groups is 2. The van der Waals surface area contributed by atoms with Crippen molar-refractivity contribution in [2.75, 3.05) is 18.5 Å². The van der Waals surface area contributed by atoms with Crippen molar-refractivity contribution in [3.8, 4) is 0 Å². The average Bonchev–Trinajstić information content (AvgIpc) is 3.08. The van der Waals surface area contributed by atoms with Gasteiger partial charge in [-0.05, 0) is 36.8 Å². The van der Waals surface area contributed by atoms with Crippen LogP contribution in [0.5, 0.6) is 0 Å². The fourth-order valence-electron chi connectivity index (χ4n) is 2.11. The summed E-state index contributed by atoms with van der Waals surface area (Å²) in [6.45, 7) is 6.08. The molecule has 0 unspecified atom stereocenters. The maximum atomic E-state index is 12.1. The number of nitrogens with one attached hydrogen (secondary N) is 1. The molecule has 1 heterocycles. The van der Waals surface area contributed by atoms with Gasteiger partial charge in [0.05, 0.1) is 10.7 Å². The smallest absolute Gasteiger partial charge is 0.251 e. The van der Waals surface area contributed by atoms with Crippen molar-refractivity contribution >= 4 is 28.8 Å². The summed E-state index contributed by atoms with van der Waals surface area (Å²) >= 11 is 1.62. The molecule has 0 aliphatic rings. The first-order valence-corrected chi connectivity index (χ1v) is 8.64. The Morgan fingerprint density at radius 2 is 2.04 bits per heavy atom. The number of amides is 2. The minimum atomic E-state index is -0.193. The zero-order valence-electron chi connectivity index (χ0n) is 13.9. The number of rotatable bonds is 7. The molecule has 2 rings (SSSR count). The van der Waals surface area contributed by atoms with Crippen LogP contribution >= 0.6 is 11.3 Å². The lowest BCUT2D eigenvalue weighted by atomic mass is 10.2. The van der Waals surface area contributed by atoms with Gasteiger partial charge in [-0.1, -0.05) is 13.5 Å². The van der Waals surface area contributed by atoms with E-state index in [1.54, 1.807) is 42.6 Å². The molecule has 0 saturated heterocycles. The second kappa shape index (κ2) is 8.40. The maximum absolute atomic E-state index is 12.1. The van der Waals surface area contributed by atoms with E-state index >= 15 is 0 Å². The Labute approximate surface area is 146 Å². The highest BCUT2D eigenvalue weighted by atomic mass is 32.1. The number of nitrogens with zero attached hydrogens (tertiary/aromatic N) is 2. The molecular formula is C18H21N3O2S. The summed E-state index contributed by atoms with van der Waals surface area (Å²) in [5, 5.41) is 5.98. The number of likely N-dealkylation sites (N-methyl/N-ethyl adjacent to an activating group) is 1. The summed E-state index contributed by atoms with van der Waals surface area (Å²) in [7, 11) is 1.66. The molecule has 6 heteroatoms. The molecule has 0 bridgehead atoms. The highest BCUT2D eigenvalue weighted by Gasteiger charge is 2.09. The topological polar surface area (TPSA) is 62.3 Å². The SMILES string of the molecule is C=CC(=O)N(C)c1ccc(C(=O)NCCc2nc(CC)cs2)cc1. The van der Waals surface area contributed by atoms with Crippen LogP contribution in [-0.4, -0.2) is 30.4 Å². The van der Waals surface area contributed by atoms with E-state index in [0.29, 0.717) is 17.8 Å². The minimum absolute atomic E-state index is 0.133. The van der Waals surface area contributed by atoms with Crippen LogP contribution in [0.15, 0.2) is 42.3 Å². The first-order chi connectivity index (χ1) is 11.5. The molecule has 1 N–H and O–H groups in total. The zero-order valence-corrected chi connectivity index (χ0v) is 14.7. The van der Waals surface area contributed by atoms with E-state index < -0.39 is 0 Å². The number of carbonyl (C=O) groups excluding carboxylic acids is 2. The largest absolute Gasteiger partial charge is 0.352 e. The maximum Gasteiger partial charge on any atom is 0.251 e. The number of benzene rings is 1. The van der Waals surface area contributed by atoms with E-state index in [4.69, 9.17) is 0 Å². The van der Waals surface area contributed by atoms with Gasteiger partial charge in [0, 0.05) is 36.6 Å². The Morgan fingerprint density at radius 1 is 1.33 bits per heavy atom. The van der Waals surface area contributed by atoms with Gasteiger partial charge >= 0.3 is 0 Å². The molecule has 0 spiro atoms. The first kappa shape index (κ1) is 17.9. The van der Waals surface area contributed by atoms with Crippen molar-refractivity contribution in [1.29, 1.82) is 0 Å². The second-order valence-electron chi connectivity index (χ2n) is 5.24. The molecule has 0 saturated carbocycles. The van der Waals surface area contributed by atoms with E-state index in [-0.39, 0.29) is 11.8 Å². The van der Waals surface area contributed by atoms with Crippen LogP contribution in [0, 0.1) is 0 Å². The fourth-order valence-corrected chi connectivity index (χ4v) is 2.99. The van der Waals surface area contributed by atoms with E-state index in [1.165, 1.54) is 11.0 Å². The molecule has 0 fully saturated rings. The summed E-state index contributed by atoms with van der Waals surface area (Å²) in [5.41, 5.74) is 2.37. The third kappa shape index (κ3) is 4.52. The minimum Gasteiger partial charge on any atom is -0.352 e. The number of thiazole rings is 1. The van der Waals surface area contributed by atoms with Gasteiger partial charge in [-0.25, -0.2) is 4.98 Å². The highest BCUT2D eigenvalue weighted by Crippen LogP contribution is 2.14. The molecule has 0 radical (unpaired) electrons. The molecule has 0 aliphatic heterocycles. The predicted molar refractivity (Wildman–Crippen MR) is 97.6 cm³/mol. The zero-order chi connectivity index (χ0) is 17.5. The molecule has 0 aliphatic carbocycles. The Morgan fingerprint density at radius 3 is 2.62 bits per heavy atom. The Hall–Kier alpha value is -2.47. The average molecular weight is 343 g/mol. The van der Waals surface area contributed by atoms with Crippen LogP contribution in [0.3, 0.4) is 0 Å². The van der Waals surface area contributed by atoms with Crippen molar-refractivity contribution in [1.82, 2.24) is 10.3 Å². The number of hydrogen-bond donors (Lipinski definition) is 1. The van der Waals surface area contributed by atoms with Gasteiger partial charge in [0.25, 0.3) is 5.91 Å². The third-order valence-corrected chi connectivity index (χ3v) is 4.57. The summed E-state index contributed by atoms with van der Waals surface area (Å²) in [6.07, 6.45) is 2.91. The van der Waals surface area contributed by atoms with Gasteiger partial charge in [0.2, 0.25) is 5.91 Å². The summed E-state index contributed by atoms with van der Waals surface area (Å²) in [6, 6.07) is 6.89. The van der Waals surface area contributed by atoms with E-state index in [0.717, 1.165) is 23.5 Å². The molecule has 0 atom stereocenters. The first-order valence-electron chi connectivity index (χ1n) is 7.76. The van der Waals surface area contributed by atoms with Gasteiger partial charge in [-0.15, -0.1) is 11.3 Å². The van der Waals surface area contributed by atoms with Gasteiger partial charge in [0.15, 0.2) is 0 Å². The molecule has 24 heavy (non-hydrogen) atoms. The molecular weight excluding hydrogens is 322 g/mol. The number of hydrogen-bond acceptors (Lipinski definition) is 4. The van der Waals surface area contributed by atoms with Gasteiger partial charge < -0.3 is 10.2 Å². The van der Waals surface area contributed by atoms with Crippen LogP contribution in [0.4, 0.5) is 5.69 Å². The van der Waals surface area contributed by atoms with E-state index in [9.17, 15) is 9.59 Å². The lowest BCUT2D eigenvalue weighted by Crippen LogP contribution is -2.26. The standard InChI is InChI=1S/C18H21N3O2S/c1-4-14-12-24-16(20-14)10-11-19-18(23)13-6-8-15(9-7-13)21(3)17(22)5-2/h5-9,12H,2,4,10-11H2,1,3H3,(H,19,23). The Balaban J connectivity index is 1.88. The lowest BCUT2D eigenvalue weighted by molar-refractivity contribution is -0.113. The van der Waals surface area contributed by atoms with Gasteiger partial charge in [-0.3, -0.25) is 9.59 Å². The molecule has 2 amide bonds. The van der Waals surface area contributed by atoms with Crippen molar-refractivity contribution < 1.29 is 9.59 Å². The van der Waals surface area contributed by atoms with Crippen LogP contribution in [-0.2, 0) is 17.6 Å². The van der Waals surface area contributed by atoms with Crippen LogP contribution in [0.25, 0.3) is 0 Å². The van der Waals surface area contributed by atoms with E-state index in [1.807, 2.05) is 0 Å². The molecule has 5 nitrogen and oxygen atoms in total. The molecule has 1 aromatic heterocycles. The van der Waals surface area contributed by atoms with Crippen molar-refractivity contribution in [2.24, 2.45) is 0 Å². The summed E-state index contributed by atoms with van der Waals surface area (Å²) < 4.78 is 0. The quantitative estimate of drug-likeness (QED) is 0.786. The molecule has 2 aromatic rings. The summed E-state index contributed by atoms with van der Waals surface area (Å²) in [5.74, 6) is -0.325. The van der Waals surface area contributed by atoms with Crippen molar-refractivity contribution in [3.63, 3.8) is 0 Å². The Kier molecular flexibility index (Phi) is 6.26. The molecule has 1 aromatic carbocycles. The monoisotopic (exact) mass is 343 g/mol. The second-order valence-corrected chi connectivity index (χ2v) is 6.18. The fraction of sp³-hybridized carbons (Fsp3) is 0.278. The van der Waals surface area contributed by atoms with E-state index in [2.05, 4.69) is 29.2 Å². The van der Waals surface area contributed by atoms with Gasteiger partial charge in [-0.2, -0.15) is 0 Å². The van der Waals surface area contributed by atoms with Crippen molar-refractivity contribution in [2.45, 2.75) is 19.8 Å². The molecule has 126 valence electrons. The predicted octanol–water partition coefficient (Wildman–Crippen LogP) is 2.83. The highest BCUT2D eigenvalue weighted by molar-refractivity contribution is 7.09. The van der Waals surface area contributed by atoms with Crippen LogP contribution < -0.4 is 10.2 Å². The third-order valence-electron chi connectivity index (χ3n) is 3.61. The van der Waals surface area contributed by atoms with Crippen LogP contribution in [0.1, 0.15) is 28.0 Å². The van der Waals surface area contributed by atoms with Crippen molar-refractivity contribution in [3.05, 3.63) is 58.6 Å².